The molecule has 0 amide bonds. The van der Waals surface area contributed by atoms with Crippen molar-refractivity contribution < 1.29 is 14.2 Å². The molecule has 0 bridgehead atoms. The molecule has 1 aliphatic rings. The normalized spacial score (nSPS) is 18.3. The Labute approximate surface area is 147 Å². The van der Waals surface area contributed by atoms with Crippen LogP contribution in [-0.2, 0) is 14.2 Å². The molecule has 1 aliphatic heterocycles. The van der Waals surface area contributed by atoms with Crippen molar-refractivity contribution in [1.82, 2.24) is 15.5 Å². The SMILES string of the molecule is CN=C(NCCCOCC1CCCO1)NCCN(C)CCCOC. The van der Waals surface area contributed by atoms with Crippen LogP contribution in [0.5, 0.6) is 0 Å². The molecule has 0 aromatic heterocycles. The number of aliphatic imine (C=N–C) groups is 1. The lowest BCUT2D eigenvalue weighted by atomic mass is 10.2. The number of nitrogens with one attached hydrogen (secondary N) is 2. The summed E-state index contributed by atoms with van der Waals surface area (Å²) in [7, 11) is 5.66. The zero-order chi connectivity index (χ0) is 17.5. The maximum atomic E-state index is 5.65. The van der Waals surface area contributed by atoms with Crippen LogP contribution in [0.1, 0.15) is 25.7 Å². The van der Waals surface area contributed by atoms with Gasteiger partial charge in [-0.2, -0.15) is 0 Å². The fraction of sp³-hybridized carbons (Fsp3) is 0.941. The van der Waals surface area contributed by atoms with Gasteiger partial charge in [-0.05, 0) is 32.7 Å². The van der Waals surface area contributed by atoms with Crippen LogP contribution in [0.25, 0.3) is 0 Å². The monoisotopic (exact) mass is 344 g/mol. The molecular formula is C17H36N4O3. The zero-order valence-electron chi connectivity index (χ0n) is 15.7. The van der Waals surface area contributed by atoms with Crippen LogP contribution in [0, 0.1) is 0 Å². The molecular weight excluding hydrogens is 308 g/mol. The summed E-state index contributed by atoms with van der Waals surface area (Å²) in [6, 6.07) is 0. The number of hydrogen-bond donors (Lipinski definition) is 2. The number of likely N-dealkylation sites (N-methyl/N-ethyl adjacent to an activating group) is 1. The Hall–Kier alpha value is -0.890. The standard InChI is InChI=1S/C17H36N4O3/c1-18-17(20-9-11-21(2)10-6-12-22-3)19-8-5-13-23-15-16-7-4-14-24-16/h16H,4-15H2,1-3H3,(H2,18,19,20). The maximum absolute atomic E-state index is 5.65. The summed E-state index contributed by atoms with van der Waals surface area (Å²) >= 11 is 0. The highest BCUT2D eigenvalue weighted by atomic mass is 16.5. The second-order valence-electron chi connectivity index (χ2n) is 6.14. The zero-order valence-corrected chi connectivity index (χ0v) is 15.7. The van der Waals surface area contributed by atoms with Gasteiger partial charge >= 0.3 is 0 Å². The summed E-state index contributed by atoms with van der Waals surface area (Å²) in [4.78, 5) is 6.53. The third-order valence-electron chi connectivity index (χ3n) is 3.98. The molecule has 142 valence electrons. The molecule has 1 heterocycles. The number of ether oxygens (including phenoxy) is 3. The minimum Gasteiger partial charge on any atom is -0.385 e. The van der Waals surface area contributed by atoms with Crippen LogP contribution in [0.4, 0.5) is 0 Å². The van der Waals surface area contributed by atoms with Gasteiger partial charge < -0.3 is 29.7 Å². The summed E-state index contributed by atoms with van der Waals surface area (Å²) in [5.74, 6) is 0.847. The Balaban J connectivity index is 1.94. The smallest absolute Gasteiger partial charge is 0.191 e. The van der Waals surface area contributed by atoms with Crippen molar-refractivity contribution in [2.75, 3.05) is 73.8 Å². The fourth-order valence-corrected chi connectivity index (χ4v) is 2.55. The Kier molecular flexibility index (Phi) is 12.7. The third kappa shape index (κ3) is 10.8. The van der Waals surface area contributed by atoms with Gasteiger partial charge in [0.25, 0.3) is 0 Å². The first-order valence-electron chi connectivity index (χ1n) is 9.07. The lowest BCUT2D eigenvalue weighted by Crippen LogP contribution is -2.41. The minimum atomic E-state index is 0.313. The second-order valence-corrected chi connectivity index (χ2v) is 6.14. The van der Waals surface area contributed by atoms with E-state index in [9.17, 15) is 0 Å². The van der Waals surface area contributed by atoms with E-state index in [2.05, 4.69) is 27.6 Å². The summed E-state index contributed by atoms with van der Waals surface area (Å²) in [6.45, 7) is 6.94. The van der Waals surface area contributed by atoms with E-state index in [0.29, 0.717) is 6.10 Å². The Morgan fingerprint density at radius 2 is 2.04 bits per heavy atom. The first-order chi connectivity index (χ1) is 11.8. The van der Waals surface area contributed by atoms with Crippen LogP contribution in [0.3, 0.4) is 0 Å². The van der Waals surface area contributed by atoms with Crippen LogP contribution in [-0.4, -0.2) is 90.8 Å². The topological polar surface area (TPSA) is 67.4 Å². The van der Waals surface area contributed by atoms with Gasteiger partial charge in [0.05, 0.1) is 12.7 Å². The van der Waals surface area contributed by atoms with Gasteiger partial charge in [-0.15, -0.1) is 0 Å². The van der Waals surface area contributed by atoms with E-state index in [-0.39, 0.29) is 0 Å². The molecule has 1 fully saturated rings. The largest absolute Gasteiger partial charge is 0.385 e. The molecule has 2 N–H and O–H groups in total. The van der Waals surface area contributed by atoms with Crippen molar-refractivity contribution >= 4 is 5.96 Å². The summed E-state index contributed by atoms with van der Waals surface area (Å²) < 4.78 is 16.2. The van der Waals surface area contributed by atoms with Crippen LogP contribution >= 0.6 is 0 Å². The predicted molar refractivity (Wildman–Crippen MR) is 97.8 cm³/mol. The highest BCUT2D eigenvalue weighted by molar-refractivity contribution is 5.79. The molecule has 0 aliphatic carbocycles. The van der Waals surface area contributed by atoms with Gasteiger partial charge in [-0.3, -0.25) is 4.99 Å². The summed E-state index contributed by atoms with van der Waals surface area (Å²) in [6.07, 6.45) is 4.64. The maximum Gasteiger partial charge on any atom is 0.191 e. The number of methoxy groups -OCH3 is 1. The molecule has 7 nitrogen and oxygen atoms in total. The first kappa shape index (κ1) is 21.2. The molecule has 1 rings (SSSR count). The molecule has 0 spiro atoms. The molecule has 24 heavy (non-hydrogen) atoms. The van der Waals surface area contributed by atoms with E-state index >= 15 is 0 Å². The molecule has 0 aromatic carbocycles. The fourth-order valence-electron chi connectivity index (χ4n) is 2.55. The third-order valence-corrected chi connectivity index (χ3v) is 3.98. The van der Waals surface area contributed by atoms with Gasteiger partial charge in [0, 0.05) is 60.2 Å². The van der Waals surface area contributed by atoms with Gasteiger partial charge in [0.15, 0.2) is 5.96 Å². The highest BCUT2D eigenvalue weighted by Crippen LogP contribution is 2.11. The highest BCUT2D eigenvalue weighted by Gasteiger charge is 2.14. The number of hydrogen-bond acceptors (Lipinski definition) is 5. The van der Waals surface area contributed by atoms with E-state index in [0.717, 1.165) is 77.8 Å². The van der Waals surface area contributed by atoms with Gasteiger partial charge in [0.2, 0.25) is 0 Å². The van der Waals surface area contributed by atoms with E-state index < -0.39 is 0 Å². The van der Waals surface area contributed by atoms with Crippen LogP contribution in [0.15, 0.2) is 4.99 Å². The summed E-state index contributed by atoms with van der Waals surface area (Å²) in [5, 5.41) is 6.64. The average Bonchev–Trinajstić information content (AvgIpc) is 3.10. The predicted octanol–water partition coefficient (Wildman–Crippen LogP) is 0.705. The Morgan fingerprint density at radius 3 is 2.75 bits per heavy atom. The molecule has 0 radical (unpaired) electrons. The van der Waals surface area contributed by atoms with Crippen molar-refractivity contribution in [3.8, 4) is 0 Å². The number of rotatable bonds is 13. The van der Waals surface area contributed by atoms with Gasteiger partial charge in [-0.25, -0.2) is 0 Å². The van der Waals surface area contributed by atoms with E-state index in [4.69, 9.17) is 14.2 Å². The van der Waals surface area contributed by atoms with E-state index in [1.165, 1.54) is 6.42 Å². The van der Waals surface area contributed by atoms with Crippen molar-refractivity contribution in [1.29, 1.82) is 0 Å². The van der Waals surface area contributed by atoms with Crippen molar-refractivity contribution in [3.63, 3.8) is 0 Å². The minimum absolute atomic E-state index is 0.313. The molecule has 0 aromatic rings. The lowest BCUT2D eigenvalue weighted by molar-refractivity contribution is 0.0168. The number of nitrogens with zero attached hydrogens (tertiary/aromatic N) is 2. The molecule has 0 saturated carbocycles. The van der Waals surface area contributed by atoms with Crippen molar-refractivity contribution in [2.24, 2.45) is 4.99 Å². The Morgan fingerprint density at radius 1 is 1.21 bits per heavy atom. The van der Waals surface area contributed by atoms with Gasteiger partial charge in [-0.1, -0.05) is 0 Å². The van der Waals surface area contributed by atoms with Crippen molar-refractivity contribution in [2.45, 2.75) is 31.8 Å². The first-order valence-corrected chi connectivity index (χ1v) is 9.07. The quantitative estimate of drug-likeness (QED) is 0.291. The Bertz CT molecular complexity index is 323. The van der Waals surface area contributed by atoms with Crippen molar-refractivity contribution in [3.05, 3.63) is 0 Å². The number of guanidine groups is 1. The molecule has 7 heteroatoms. The lowest BCUT2D eigenvalue weighted by Gasteiger charge is -2.18. The molecule has 1 atom stereocenters. The van der Waals surface area contributed by atoms with E-state index in [1.807, 2.05) is 0 Å². The van der Waals surface area contributed by atoms with Crippen LogP contribution < -0.4 is 10.6 Å². The van der Waals surface area contributed by atoms with Gasteiger partial charge in [0.1, 0.15) is 0 Å². The van der Waals surface area contributed by atoms with Crippen LogP contribution in [0.2, 0.25) is 0 Å². The van der Waals surface area contributed by atoms with E-state index in [1.54, 1.807) is 14.2 Å². The second kappa shape index (κ2) is 14.5. The molecule has 1 unspecified atom stereocenters. The average molecular weight is 345 g/mol. The summed E-state index contributed by atoms with van der Waals surface area (Å²) in [5.41, 5.74) is 0. The molecule has 1 saturated heterocycles.